The van der Waals surface area contributed by atoms with E-state index < -0.39 is 0 Å². The number of amides is 2. The first-order valence-electron chi connectivity index (χ1n) is 3.78. The second-order valence-electron chi connectivity index (χ2n) is 2.57. The summed E-state index contributed by atoms with van der Waals surface area (Å²) in [5.41, 5.74) is 0. The summed E-state index contributed by atoms with van der Waals surface area (Å²) < 4.78 is 0. The molecule has 1 aliphatic carbocycles. The average Bonchev–Trinajstić information content (AvgIpc) is 2.73. The van der Waals surface area contributed by atoms with Gasteiger partial charge in [-0.15, -0.1) is 0 Å². The lowest BCUT2D eigenvalue weighted by molar-refractivity contribution is 0.200. The van der Waals surface area contributed by atoms with E-state index in [0.29, 0.717) is 6.04 Å². The number of carbonyl (C=O) groups excluding carboxylic acids is 1. The summed E-state index contributed by atoms with van der Waals surface area (Å²) >= 11 is 0. The molecule has 0 heterocycles. The normalized spacial score (nSPS) is 16.6. The van der Waals surface area contributed by atoms with Crippen LogP contribution in [0.15, 0.2) is 0 Å². The number of nitrogens with zero attached hydrogens (tertiary/aromatic N) is 1. The van der Waals surface area contributed by atoms with E-state index in [2.05, 4.69) is 5.32 Å². The molecule has 1 fully saturated rings. The Hall–Kier alpha value is -0.730. The molecule has 0 spiro atoms. The van der Waals surface area contributed by atoms with Crippen molar-refractivity contribution in [2.45, 2.75) is 25.8 Å². The van der Waals surface area contributed by atoms with Crippen molar-refractivity contribution in [3.63, 3.8) is 0 Å². The van der Waals surface area contributed by atoms with Crippen LogP contribution < -0.4 is 5.32 Å². The molecule has 1 rings (SSSR count). The fourth-order valence-electron chi connectivity index (χ4n) is 1.10. The highest BCUT2D eigenvalue weighted by molar-refractivity contribution is 5.74. The maximum Gasteiger partial charge on any atom is 0.317 e. The smallest absolute Gasteiger partial charge is 0.317 e. The topological polar surface area (TPSA) is 32.3 Å². The Balaban J connectivity index is 2.38. The van der Waals surface area contributed by atoms with E-state index in [4.69, 9.17) is 0 Å². The van der Waals surface area contributed by atoms with Gasteiger partial charge in [-0.2, -0.15) is 0 Å². The van der Waals surface area contributed by atoms with Gasteiger partial charge < -0.3 is 10.2 Å². The van der Waals surface area contributed by atoms with Crippen LogP contribution in [0.3, 0.4) is 0 Å². The molecule has 10 heavy (non-hydrogen) atoms. The molecule has 0 aromatic rings. The molecule has 0 aromatic heterocycles. The number of nitrogens with one attached hydrogen (secondary N) is 1. The van der Waals surface area contributed by atoms with E-state index in [1.165, 1.54) is 12.8 Å². The lowest BCUT2D eigenvalue weighted by Gasteiger charge is -2.18. The summed E-state index contributed by atoms with van der Waals surface area (Å²) in [6.45, 7) is 2.83. The van der Waals surface area contributed by atoms with Crippen molar-refractivity contribution >= 4 is 6.03 Å². The summed E-state index contributed by atoms with van der Waals surface area (Å²) in [6, 6.07) is 0.593. The minimum atomic E-state index is 0.0602. The van der Waals surface area contributed by atoms with E-state index >= 15 is 0 Å². The molecule has 0 saturated heterocycles. The Labute approximate surface area is 61.4 Å². The average molecular weight is 142 g/mol. The Morgan fingerprint density at radius 1 is 1.70 bits per heavy atom. The van der Waals surface area contributed by atoms with Crippen molar-refractivity contribution in [3.8, 4) is 0 Å². The molecule has 1 saturated carbocycles. The summed E-state index contributed by atoms with van der Waals surface area (Å²) in [5.74, 6) is 0. The van der Waals surface area contributed by atoms with Crippen LogP contribution in [0.4, 0.5) is 4.79 Å². The third-order valence-electron chi connectivity index (χ3n) is 1.80. The molecule has 0 aromatic carbocycles. The van der Waals surface area contributed by atoms with Gasteiger partial charge in [0.15, 0.2) is 0 Å². The van der Waals surface area contributed by atoms with Crippen LogP contribution >= 0.6 is 0 Å². The number of hydrogen-bond acceptors (Lipinski definition) is 1. The molecule has 0 bridgehead atoms. The van der Waals surface area contributed by atoms with E-state index in [-0.39, 0.29) is 6.03 Å². The molecule has 2 amide bonds. The molecule has 1 N–H and O–H groups in total. The third-order valence-corrected chi connectivity index (χ3v) is 1.80. The van der Waals surface area contributed by atoms with Gasteiger partial charge in [0.2, 0.25) is 0 Å². The maximum absolute atomic E-state index is 11.0. The lowest BCUT2D eigenvalue weighted by Crippen LogP contribution is -2.39. The molecule has 0 unspecified atom stereocenters. The van der Waals surface area contributed by atoms with Crippen molar-refractivity contribution in [1.29, 1.82) is 0 Å². The van der Waals surface area contributed by atoms with Gasteiger partial charge in [0.25, 0.3) is 0 Å². The first-order chi connectivity index (χ1) is 4.79. The van der Waals surface area contributed by atoms with Crippen LogP contribution in [-0.2, 0) is 0 Å². The van der Waals surface area contributed by atoms with E-state index in [1.54, 1.807) is 7.05 Å². The van der Waals surface area contributed by atoms with Crippen LogP contribution in [0.1, 0.15) is 19.8 Å². The Bertz CT molecular complexity index is 132. The van der Waals surface area contributed by atoms with Crippen molar-refractivity contribution < 1.29 is 4.79 Å². The number of urea groups is 1. The summed E-state index contributed by atoms with van der Waals surface area (Å²) in [7, 11) is 1.67. The van der Waals surface area contributed by atoms with Gasteiger partial charge in [0.1, 0.15) is 0 Å². The Kier molecular flexibility index (Phi) is 2.14. The quantitative estimate of drug-likeness (QED) is 0.608. The van der Waals surface area contributed by atoms with Crippen molar-refractivity contribution in [3.05, 3.63) is 0 Å². The molecular weight excluding hydrogens is 128 g/mol. The second kappa shape index (κ2) is 2.90. The summed E-state index contributed by atoms with van der Waals surface area (Å²) in [6.07, 6.45) is 2.36. The predicted octanol–water partition coefficient (Wildman–Crippen LogP) is 0.810. The van der Waals surface area contributed by atoms with Gasteiger partial charge in [-0.3, -0.25) is 0 Å². The lowest BCUT2D eigenvalue weighted by atomic mass is 10.5. The zero-order valence-corrected chi connectivity index (χ0v) is 6.55. The van der Waals surface area contributed by atoms with E-state index in [1.807, 2.05) is 11.8 Å². The van der Waals surface area contributed by atoms with Gasteiger partial charge >= 0.3 is 6.03 Å². The fraction of sp³-hybridized carbons (Fsp3) is 0.857. The van der Waals surface area contributed by atoms with Gasteiger partial charge in [-0.05, 0) is 19.8 Å². The highest BCUT2D eigenvalue weighted by atomic mass is 16.2. The molecule has 3 heteroatoms. The SMILES string of the molecule is CCN(C(=O)NC)C1CC1. The first kappa shape index (κ1) is 7.38. The van der Waals surface area contributed by atoms with Crippen molar-refractivity contribution in [1.82, 2.24) is 10.2 Å². The number of carbonyl (C=O) groups is 1. The van der Waals surface area contributed by atoms with E-state index in [9.17, 15) is 4.79 Å². The standard InChI is InChI=1S/C7H14N2O/c1-3-9(6-4-5-6)7(10)8-2/h6H,3-5H2,1-2H3,(H,8,10). The molecule has 58 valence electrons. The van der Waals surface area contributed by atoms with Crippen LogP contribution in [0.25, 0.3) is 0 Å². The van der Waals surface area contributed by atoms with Gasteiger partial charge in [0.05, 0.1) is 0 Å². The van der Waals surface area contributed by atoms with Crippen LogP contribution in [0, 0.1) is 0 Å². The zero-order chi connectivity index (χ0) is 7.56. The summed E-state index contributed by atoms with van der Waals surface area (Å²) in [5, 5.41) is 2.62. The van der Waals surface area contributed by atoms with Gasteiger partial charge in [-0.25, -0.2) is 4.79 Å². The fourth-order valence-corrected chi connectivity index (χ4v) is 1.10. The minimum Gasteiger partial charge on any atom is -0.341 e. The van der Waals surface area contributed by atoms with Gasteiger partial charge in [0, 0.05) is 19.6 Å². The number of hydrogen-bond donors (Lipinski definition) is 1. The highest BCUT2D eigenvalue weighted by Gasteiger charge is 2.30. The minimum absolute atomic E-state index is 0.0602. The molecule has 0 aliphatic heterocycles. The van der Waals surface area contributed by atoms with Crippen LogP contribution in [0.2, 0.25) is 0 Å². The molecule has 1 aliphatic rings. The highest BCUT2D eigenvalue weighted by Crippen LogP contribution is 2.26. The van der Waals surface area contributed by atoms with Crippen LogP contribution in [-0.4, -0.2) is 30.6 Å². The monoisotopic (exact) mass is 142 g/mol. The summed E-state index contributed by atoms with van der Waals surface area (Å²) in [4.78, 5) is 12.9. The first-order valence-corrected chi connectivity index (χ1v) is 3.78. The van der Waals surface area contributed by atoms with Crippen LogP contribution in [0.5, 0.6) is 0 Å². The van der Waals surface area contributed by atoms with Crippen molar-refractivity contribution in [2.24, 2.45) is 0 Å². The van der Waals surface area contributed by atoms with E-state index in [0.717, 1.165) is 6.54 Å². The second-order valence-corrected chi connectivity index (χ2v) is 2.57. The van der Waals surface area contributed by atoms with Crippen molar-refractivity contribution in [2.75, 3.05) is 13.6 Å². The van der Waals surface area contributed by atoms with Gasteiger partial charge in [-0.1, -0.05) is 0 Å². The predicted molar refractivity (Wildman–Crippen MR) is 39.9 cm³/mol. The number of rotatable bonds is 2. The largest absolute Gasteiger partial charge is 0.341 e. The maximum atomic E-state index is 11.0. The molecule has 3 nitrogen and oxygen atoms in total. The molecule has 0 radical (unpaired) electrons. The Morgan fingerprint density at radius 2 is 2.30 bits per heavy atom. The third kappa shape index (κ3) is 1.40. The Morgan fingerprint density at radius 3 is 2.60 bits per heavy atom. The molecule has 0 atom stereocenters. The zero-order valence-electron chi connectivity index (χ0n) is 6.55. The molecular formula is C7H14N2O.